The molecule has 1 unspecified atom stereocenters. The van der Waals surface area contributed by atoms with E-state index >= 15 is 0 Å². The summed E-state index contributed by atoms with van der Waals surface area (Å²) < 4.78 is 30.7. The maximum absolute atomic E-state index is 13.0. The highest BCUT2D eigenvalue weighted by Crippen LogP contribution is 2.33. The summed E-state index contributed by atoms with van der Waals surface area (Å²) in [6.07, 6.45) is 2.47. The first-order chi connectivity index (χ1) is 17.6. The van der Waals surface area contributed by atoms with E-state index in [9.17, 15) is 18.7 Å². The van der Waals surface area contributed by atoms with Crippen LogP contribution in [-0.2, 0) is 4.79 Å². The fraction of sp³-hybridized carbons (Fsp3) is 0.542. The third-order valence-electron chi connectivity index (χ3n) is 6.62. The molecular weight excluding hydrogens is 529 g/mol. The van der Waals surface area contributed by atoms with Crippen molar-refractivity contribution >= 4 is 40.9 Å². The minimum absolute atomic E-state index is 0.0511. The van der Waals surface area contributed by atoms with Gasteiger partial charge in [0.1, 0.15) is 0 Å². The highest BCUT2D eigenvalue weighted by atomic mass is 35.5. The van der Waals surface area contributed by atoms with E-state index in [1.165, 1.54) is 6.20 Å². The van der Waals surface area contributed by atoms with Crippen LogP contribution in [0.5, 0.6) is 5.75 Å². The van der Waals surface area contributed by atoms with Gasteiger partial charge in [0, 0.05) is 29.2 Å². The van der Waals surface area contributed by atoms with Crippen LogP contribution in [0.15, 0.2) is 24.4 Å². The molecule has 0 spiro atoms. The molecule has 9 nitrogen and oxygen atoms in total. The Bertz CT molecular complexity index is 1110. The molecular formula is C24H30Cl2F2N6O3. The summed E-state index contributed by atoms with van der Waals surface area (Å²) in [4.78, 5) is 22.9. The summed E-state index contributed by atoms with van der Waals surface area (Å²) in [6, 6.07) is 4.20. The number of anilines is 2. The molecule has 0 radical (unpaired) electrons. The van der Waals surface area contributed by atoms with Crippen LogP contribution < -0.4 is 25.6 Å². The molecule has 0 saturated carbocycles. The first kappa shape index (κ1) is 27.6. The number of nitrogens with one attached hydrogen (secondary N) is 3. The number of rotatable bonds is 8. The highest BCUT2D eigenvalue weighted by molar-refractivity contribution is 6.35. The number of aliphatic hydroxyl groups is 1. The number of alkyl halides is 2. The smallest absolute Gasteiger partial charge is 0.387 e. The molecule has 2 aliphatic heterocycles. The second-order valence-corrected chi connectivity index (χ2v) is 10.3. The number of aliphatic hydroxyl groups excluding tert-OH is 1. The summed E-state index contributed by atoms with van der Waals surface area (Å²) in [5.41, 5.74) is 0.687. The summed E-state index contributed by atoms with van der Waals surface area (Å²) in [5, 5.41) is 20.9. The molecule has 0 bridgehead atoms. The molecule has 4 rings (SSSR count). The third-order valence-corrected chi connectivity index (χ3v) is 7.19. The van der Waals surface area contributed by atoms with E-state index in [2.05, 4.69) is 30.7 Å². The molecule has 2 fully saturated rings. The molecule has 2 aliphatic rings. The van der Waals surface area contributed by atoms with Crippen LogP contribution in [0.4, 0.5) is 20.5 Å². The van der Waals surface area contributed by atoms with Gasteiger partial charge in [-0.05, 0) is 50.8 Å². The average Bonchev–Trinajstić information content (AvgIpc) is 3.27. The number of piperidine rings is 1. The number of hydrogen-bond acceptors (Lipinski definition) is 8. The van der Waals surface area contributed by atoms with E-state index in [-0.39, 0.29) is 42.1 Å². The molecule has 3 heterocycles. The van der Waals surface area contributed by atoms with Crippen molar-refractivity contribution in [1.82, 2.24) is 20.6 Å². The van der Waals surface area contributed by atoms with E-state index in [4.69, 9.17) is 23.2 Å². The fourth-order valence-electron chi connectivity index (χ4n) is 4.63. The minimum Gasteiger partial charge on any atom is -0.429 e. The number of nitrogens with zero attached hydrogens (tertiary/aromatic N) is 3. The van der Waals surface area contributed by atoms with E-state index in [0.29, 0.717) is 28.6 Å². The lowest BCUT2D eigenvalue weighted by Gasteiger charge is -2.36. The zero-order chi connectivity index (χ0) is 26.7. The van der Waals surface area contributed by atoms with Crippen LogP contribution in [0.3, 0.4) is 0 Å². The van der Waals surface area contributed by atoms with E-state index in [0.717, 1.165) is 12.8 Å². The number of carbonyl (C=O) groups is 1. The number of β-amino-alcohol motifs (C(OH)–C–C–N with tert-alkyl or cyclic N) is 1. The number of carbonyl (C=O) groups excluding carboxylic acids is 1. The van der Waals surface area contributed by atoms with Crippen molar-refractivity contribution in [3.8, 4) is 5.75 Å². The quantitative estimate of drug-likeness (QED) is 0.387. The Balaban J connectivity index is 1.46. The van der Waals surface area contributed by atoms with Gasteiger partial charge in [0.15, 0.2) is 11.6 Å². The minimum atomic E-state index is -3.07. The molecule has 1 aromatic carbocycles. The number of amides is 1. The van der Waals surface area contributed by atoms with Crippen molar-refractivity contribution in [2.75, 3.05) is 23.3 Å². The zero-order valence-electron chi connectivity index (χ0n) is 20.4. The van der Waals surface area contributed by atoms with Gasteiger partial charge in [-0.3, -0.25) is 4.79 Å². The Hall–Kier alpha value is -2.47. The maximum atomic E-state index is 13.0. The van der Waals surface area contributed by atoms with Gasteiger partial charge in [0.05, 0.1) is 30.4 Å². The maximum Gasteiger partial charge on any atom is 0.387 e. The van der Waals surface area contributed by atoms with Crippen molar-refractivity contribution in [2.24, 2.45) is 0 Å². The van der Waals surface area contributed by atoms with Crippen LogP contribution >= 0.6 is 23.2 Å². The van der Waals surface area contributed by atoms with Crippen molar-refractivity contribution < 1.29 is 23.4 Å². The van der Waals surface area contributed by atoms with Gasteiger partial charge in [-0.15, -0.1) is 0 Å². The fourth-order valence-corrected chi connectivity index (χ4v) is 5.21. The Morgan fingerprint density at radius 2 is 2.08 bits per heavy atom. The summed E-state index contributed by atoms with van der Waals surface area (Å²) in [5.74, 6) is -0.0617. The summed E-state index contributed by atoms with van der Waals surface area (Å²) >= 11 is 12.3. The number of aromatic nitrogens is 2. The largest absolute Gasteiger partial charge is 0.429 e. The molecule has 0 aliphatic carbocycles. The van der Waals surface area contributed by atoms with Crippen LogP contribution in [0.1, 0.15) is 44.7 Å². The van der Waals surface area contributed by atoms with Crippen LogP contribution in [0, 0.1) is 0 Å². The van der Waals surface area contributed by atoms with Gasteiger partial charge in [0.25, 0.3) is 0 Å². The van der Waals surface area contributed by atoms with Crippen molar-refractivity contribution in [3.05, 3.63) is 40.0 Å². The first-order valence-corrected chi connectivity index (χ1v) is 12.9. The van der Waals surface area contributed by atoms with Gasteiger partial charge in [-0.2, -0.15) is 13.8 Å². The van der Waals surface area contributed by atoms with Crippen LogP contribution in [-0.4, -0.2) is 64.9 Å². The third kappa shape index (κ3) is 6.90. The van der Waals surface area contributed by atoms with Gasteiger partial charge in [0.2, 0.25) is 11.9 Å². The summed E-state index contributed by atoms with van der Waals surface area (Å²) in [7, 11) is 0. The number of benzene rings is 1. The number of ether oxygens (including phenoxy) is 1. The SMILES string of the molecule is CC(Nc1nc(N2CC[C@H](NC(=O)[C@H]3CC[C@H](C)N3)[C@@H](O)C2)ncc1OC(F)F)c1ccc(Cl)cc1Cl. The van der Waals surface area contributed by atoms with E-state index in [1.54, 1.807) is 30.0 Å². The highest BCUT2D eigenvalue weighted by Gasteiger charge is 2.34. The molecule has 13 heteroatoms. The number of hydrogen-bond donors (Lipinski definition) is 4. The monoisotopic (exact) mass is 558 g/mol. The van der Waals surface area contributed by atoms with E-state index in [1.807, 2.05) is 6.92 Å². The lowest BCUT2D eigenvalue weighted by molar-refractivity contribution is -0.124. The molecule has 202 valence electrons. The molecule has 2 saturated heterocycles. The molecule has 2 aromatic rings. The Kier molecular flexibility index (Phi) is 8.89. The van der Waals surface area contributed by atoms with Crippen LogP contribution in [0.25, 0.3) is 0 Å². The molecule has 1 amide bonds. The summed E-state index contributed by atoms with van der Waals surface area (Å²) in [6.45, 7) is 1.37. The second kappa shape index (κ2) is 11.9. The van der Waals surface area contributed by atoms with Gasteiger partial charge in [-0.25, -0.2) is 4.98 Å². The first-order valence-electron chi connectivity index (χ1n) is 12.1. The normalized spacial score (nSPS) is 24.7. The predicted molar refractivity (Wildman–Crippen MR) is 138 cm³/mol. The second-order valence-electron chi connectivity index (χ2n) is 9.41. The molecule has 4 N–H and O–H groups in total. The zero-order valence-corrected chi connectivity index (χ0v) is 21.9. The molecule has 1 aromatic heterocycles. The van der Waals surface area contributed by atoms with Gasteiger partial charge < -0.3 is 30.7 Å². The molecule has 37 heavy (non-hydrogen) atoms. The Morgan fingerprint density at radius 3 is 2.73 bits per heavy atom. The average molecular weight is 559 g/mol. The lowest BCUT2D eigenvalue weighted by Crippen LogP contribution is -2.57. The Morgan fingerprint density at radius 1 is 1.30 bits per heavy atom. The Labute approximate surface area is 223 Å². The molecule has 5 atom stereocenters. The topological polar surface area (TPSA) is 112 Å². The van der Waals surface area contributed by atoms with Crippen molar-refractivity contribution in [1.29, 1.82) is 0 Å². The lowest BCUT2D eigenvalue weighted by atomic mass is 10.0. The van der Waals surface area contributed by atoms with Gasteiger partial charge in [-0.1, -0.05) is 29.3 Å². The van der Waals surface area contributed by atoms with Crippen molar-refractivity contribution in [3.63, 3.8) is 0 Å². The van der Waals surface area contributed by atoms with E-state index < -0.39 is 24.8 Å². The standard InChI is InChI=1S/C24H30Cl2F2N6O3/c1-12-3-6-18(30-12)22(36)32-17-7-8-34(11-19(17)35)24-29-10-20(37-23(27)28)21(33-24)31-13(2)15-5-4-14(25)9-16(15)26/h4-5,9-10,12-13,17-19,23,30,35H,3,6-8,11H2,1-2H3,(H,32,36)(H,29,31,33)/t12-,13?,17-,18+,19-/m0/s1. The number of halogens is 4. The van der Waals surface area contributed by atoms with Crippen molar-refractivity contribution in [2.45, 2.75) is 70.0 Å². The van der Waals surface area contributed by atoms with Crippen LogP contribution in [0.2, 0.25) is 10.0 Å². The predicted octanol–water partition coefficient (Wildman–Crippen LogP) is 3.75. The van der Waals surface area contributed by atoms with Gasteiger partial charge >= 0.3 is 6.61 Å².